The van der Waals surface area contributed by atoms with Crippen molar-refractivity contribution in [3.63, 3.8) is 0 Å². The number of ether oxygens (including phenoxy) is 1. The first-order valence-electron chi connectivity index (χ1n) is 11.3. The second-order valence-electron chi connectivity index (χ2n) is 8.21. The summed E-state index contributed by atoms with van der Waals surface area (Å²) in [5, 5.41) is 0. The first-order chi connectivity index (χ1) is 16.8. The predicted molar refractivity (Wildman–Crippen MR) is 121 cm³/mol. The molecule has 1 saturated heterocycles. The lowest BCUT2D eigenvalue weighted by Gasteiger charge is -2.35. The first kappa shape index (κ1) is 24.9. The van der Waals surface area contributed by atoms with Crippen LogP contribution in [0, 0.1) is 5.82 Å². The van der Waals surface area contributed by atoms with Crippen LogP contribution in [-0.2, 0) is 4.74 Å². The molecule has 3 aromatic rings. The third-order valence-corrected chi connectivity index (χ3v) is 5.72. The Hall–Kier alpha value is -3.24. The van der Waals surface area contributed by atoms with Gasteiger partial charge in [-0.25, -0.2) is 9.37 Å². The van der Waals surface area contributed by atoms with Crippen LogP contribution in [0.5, 0.6) is 0 Å². The summed E-state index contributed by atoms with van der Waals surface area (Å²) < 4.78 is 61.0. The van der Waals surface area contributed by atoms with Crippen molar-refractivity contribution in [3.05, 3.63) is 66.1 Å². The van der Waals surface area contributed by atoms with Crippen LogP contribution in [0.1, 0.15) is 16.8 Å². The van der Waals surface area contributed by atoms with Crippen molar-refractivity contribution in [3.8, 4) is 22.8 Å². The Morgan fingerprint density at radius 2 is 1.69 bits per heavy atom. The summed E-state index contributed by atoms with van der Waals surface area (Å²) in [7, 11) is 0. The molecular formula is C25H25F4N3O3. The Morgan fingerprint density at radius 3 is 2.40 bits per heavy atom. The summed E-state index contributed by atoms with van der Waals surface area (Å²) in [4.78, 5) is 21.4. The zero-order chi connectivity index (χ0) is 24.8. The molecule has 2 heterocycles. The van der Waals surface area contributed by atoms with Gasteiger partial charge in [-0.05, 0) is 30.7 Å². The highest BCUT2D eigenvalue weighted by molar-refractivity contribution is 6.00. The van der Waals surface area contributed by atoms with Gasteiger partial charge in [0, 0.05) is 44.9 Å². The van der Waals surface area contributed by atoms with E-state index in [9.17, 15) is 22.4 Å². The van der Waals surface area contributed by atoms with E-state index < -0.39 is 18.6 Å². The average molecular weight is 491 g/mol. The van der Waals surface area contributed by atoms with Gasteiger partial charge in [0.1, 0.15) is 12.4 Å². The minimum Gasteiger partial charge on any atom is -0.436 e. The highest BCUT2D eigenvalue weighted by Gasteiger charge is 2.28. The van der Waals surface area contributed by atoms with E-state index in [0.29, 0.717) is 50.3 Å². The summed E-state index contributed by atoms with van der Waals surface area (Å²) in [5.41, 5.74) is 1.24. The molecule has 1 aromatic heterocycles. The minimum atomic E-state index is -4.31. The van der Waals surface area contributed by atoms with Crippen molar-refractivity contribution in [1.82, 2.24) is 14.8 Å². The normalized spacial score (nSPS) is 14.9. The Balaban J connectivity index is 1.36. The quantitative estimate of drug-likeness (QED) is 0.332. The Labute approximate surface area is 200 Å². The van der Waals surface area contributed by atoms with E-state index in [1.807, 2.05) is 0 Å². The van der Waals surface area contributed by atoms with Crippen molar-refractivity contribution in [2.75, 3.05) is 45.9 Å². The molecule has 2 aromatic carbocycles. The molecule has 0 unspecified atom stereocenters. The smallest absolute Gasteiger partial charge is 0.411 e. The Kier molecular flexibility index (Phi) is 7.82. The lowest BCUT2D eigenvalue weighted by atomic mass is 10.1. The first-order valence-corrected chi connectivity index (χ1v) is 11.3. The van der Waals surface area contributed by atoms with Gasteiger partial charge >= 0.3 is 6.18 Å². The van der Waals surface area contributed by atoms with Crippen LogP contribution in [0.3, 0.4) is 0 Å². The molecule has 1 fully saturated rings. The van der Waals surface area contributed by atoms with Crippen molar-refractivity contribution >= 4 is 5.91 Å². The largest absolute Gasteiger partial charge is 0.436 e. The molecule has 1 amide bonds. The molecule has 0 N–H and O–H groups in total. The van der Waals surface area contributed by atoms with Gasteiger partial charge in [-0.3, -0.25) is 9.69 Å². The van der Waals surface area contributed by atoms with E-state index in [4.69, 9.17) is 4.42 Å². The number of nitrogens with zero attached hydrogens (tertiary/aromatic N) is 3. The van der Waals surface area contributed by atoms with Gasteiger partial charge in [0.2, 0.25) is 5.89 Å². The summed E-state index contributed by atoms with van der Waals surface area (Å²) in [6.07, 6.45) is -2.39. The molecule has 1 aliphatic rings. The molecular weight excluding hydrogens is 466 g/mol. The van der Waals surface area contributed by atoms with Crippen molar-refractivity contribution < 1.29 is 31.5 Å². The second kappa shape index (κ2) is 11.0. The van der Waals surface area contributed by atoms with Gasteiger partial charge < -0.3 is 14.1 Å². The number of piperazine rings is 1. The minimum absolute atomic E-state index is 0.0387. The number of carbonyl (C=O) groups is 1. The van der Waals surface area contributed by atoms with Gasteiger partial charge in [0.05, 0.1) is 17.3 Å². The molecule has 0 spiro atoms. The van der Waals surface area contributed by atoms with Crippen LogP contribution < -0.4 is 0 Å². The van der Waals surface area contributed by atoms with Gasteiger partial charge in [-0.2, -0.15) is 13.2 Å². The van der Waals surface area contributed by atoms with Crippen LogP contribution in [0.15, 0.2) is 59.1 Å². The highest BCUT2D eigenvalue weighted by Crippen LogP contribution is 2.30. The van der Waals surface area contributed by atoms with Crippen molar-refractivity contribution in [2.24, 2.45) is 0 Å². The summed E-state index contributed by atoms with van der Waals surface area (Å²) in [6, 6.07) is 13.2. The Morgan fingerprint density at radius 1 is 1.00 bits per heavy atom. The topological polar surface area (TPSA) is 58.8 Å². The van der Waals surface area contributed by atoms with E-state index in [0.717, 1.165) is 0 Å². The van der Waals surface area contributed by atoms with Crippen molar-refractivity contribution in [2.45, 2.75) is 12.6 Å². The van der Waals surface area contributed by atoms with Gasteiger partial charge in [0.15, 0.2) is 5.76 Å². The predicted octanol–water partition coefficient (Wildman–Crippen LogP) is 4.87. The van der Waals surface area contributed by atoms with Gasteiger partial charge in [-0.1, -0.05) is 24.3 Å². The molecule has 0 bridgehead atoms. The maximum Gasteiger partial charge on any atom is 0.411 e. The molecule has 6 nitrogen and oxygen atoms in total. The number of alkyl halides is 3. The van der Waals surface area contributed by atoms with Crippen LogP contribution in [-0.4, -0.2) is 72.8 Å². The number of oxazole rings is 1. The monoisotopic (exact) mass is 491 g/mol. The van der Waals surface area contributed by atoms with Crippen LogP contribution in [0.4, 0.5) is 17.6 Å². The summed E-state index contributed by atoms with van der Waals surface area (Å²) in [6.45, 7) is 1.61. The molecule has 0 saturated carbocycles. The fourth-order valence-corrected chi connectivity index (χ4v) is 3.96. The molecule has 35 heavy (non-hydrogen) atoms. The molecule has 4 rings (SSSR count). The lowest BCUT2D eigenvalue weighted by Crippen LogP contribution is -2.49. The van der Waals surface area contributed by atoms with E-state index in [-0.39, 0.29) is 29.7 Å². The Bertz CT molecular complexity index is 1140. The van der Waals surface area contributed by atoms with Gasteiger partial charge in [-0.15, -0.1) is 0 Å². The fourth-order valence-electron chi connectivity index (χ4n) is 3.96. The number of hydrogen-bond donors (Lipinski definition) is 0. The van der Waals surface area contributed by atoms with E-state index in [1.54, 1.807) is 47.4 Å². The molecule has 0 atom stereocenters. The maximum atomic E-state index is 14.1. The summed E-state index contributed by atoms with van der Waals surface area (Å²) >= 11 is 0. The number of carbonyl (C=O) groups excluding carboxylic acids is 1. The van der Waals surface area contributed by atoms with Crippen LogP contribution in [0.25, 0.3) is 22.8 Å². The number of benzene rings is 2. The third kappa shape index (κ3) is 6.46. The number of hydrogen-bond acceptors (Lipinski definition) is 5. The molecule has 10 heteroatoms. The maximum absolute atomic E-state index is 14.1. The van der Waals surface area contributed by atoms with E-state index >= 15 is 0 Å². The summed E-state index contributed by atoms with van der Waals surface area (Å²) in [5.74, 6) is -0.0957. The second-order valence-corrected chi connectivity index (χ2v) is 8.21. The molecule has 0 aliphatic carbocycles. The number of halogens is 4. The van der Waals surface area contributed by atoms with Crippen LogP contribution >= 0.6 is 0 Å². The fraction of sp³-hybridized carbons (Fsp3) is 0.360. The highest BCUT2D eigenvalue weighted by atomic mass is 19.4. The standard InChI is InChI=1S/C25H25F4N3O3/c26-21-9-4-3-8-20(21)22-16-30-23(35-22)18-6-1-2-7-19(18)24(33)32-13-11-31(12-14-32)10-5-15-34-17-25(27,28)29/h1-4,6-9,16H,5,10-15,17H2. The van der Waals surface area contributed by atoms with Crippen LogP contribution in [0.2, 0.25) is 0 Å². The number of rotatable bonds is 8. The average Bonchev–Trinajstić information content (AvgIpc) is 3.33. The molecule has 1 aliphatic heterocycles. The van der Waals surface area contributed by atoms with E-state index in [1.165, 1.54) is 12.3 Å². The lowest BCUT2D eigenvalue weighted by molar-refractivity contribution is -0.174. The van der Waals surface area contributed by atoms with Crippen molar-refractivity contribution in [1.29, 1.82) is 0 Å². The zero-order valence-corrected chi connectivity index (χ0v) is 18.9. The number of aromatic nitrogens is 1. The molecule has 186 valence electrons. The molecule has 0 radical (unpaired) electrons. The van der Waals surface area contributed by atoms with Gasteiger partial charge in [0.25, 0.3) is 5.91 Å². The third-order valence-electron chi connectivity index (χ3n) is 5.72. The van der Waals surface area contributed by atoms with E-state index in [2.05, 4.69) is 14.6 Å². The zero-order valence-electron chi connectivity index (χ0n) is 18.9. The SMILES string of the molecule is O=C(c1ccccc1-c1ncc(-c2ccccc2F)o1)N1CCN(CCCOCC(F)(F)F)CC1. The number of amides is 1.